The van der Waals surface area contributed by atoms with Gasteiger partial charge in [0.1, 0.15) is 6.20 Å². The number of halogens is 4. The molecule has 1 atom stereocenters. The summed E-state index contributed by atoms with van der Waals surface area (Å²) in [4.78, 5) is 9.68. The Morgan fingerprint density at radius 1 is 1.48 bits per heavy atom. The molecule has 0 fully saturated rings. The summed E-state index contributed by atoms with van der Waals surface area (Å²) in [5.41, 5.74) is -0.887. The zero-order valence-electron chi connectivity index (χ0n) is 11.5. The second-order valence-corrected chi connectivity index (χ2v) is 4.70. The Morgan fingerprint density at radius 2 is 2.17 bits per heavy atom. The second kappa shape index (κ2) is 6.77. The number of alkyl halides is 2. The highest BCUT2D eigenvalue weighted by Crippen LogP contribution is 2.33. The zero-order valence-corrected chi connectivity index (χ0v) is 12.2. The van der Waals surface area contributed by atoms with Gasteiger partial charge in [-0.05, 0) is 6.07 Å². The maximum absolute atomic E-state index is 13.5. The van der Waals surface area contributed by atoms with Gasteiger partial charge in [-0.25, -0.2) is 8.78 Å². The highest BCUT2D eigenvalue weighted by Gasteiger charge is 2.29. The summed E-state index contributed by atoms with van der Waals surface area (Å²) in [7, 11) is 1.23. The molecule has 0 saturated heterocycles. The first kappa shape index (κ1) is 16.9. The molecule has 0 spiro atoms. The molecule has 0 saturated carbocycles. The number of ether oxygens (including phenoxy) is 1. The highest BCUT2D eigenvalue weighted by molar-refractivity contribution is 6.29. The minimum absolute atomic E-state index is 0.0465. The number of rotatable bonds is 6. The number of methoxy groups -OCH3 is 1. The third-order valence-corrected chi connectivity index (χ3v) is 3.08. The molecule has 12 heteroatoms. The van der Waals surface area contributed by atoms with Crippen LogP contribution in [0, 0.1) is 16.1 Å². The summed E-state index contributed by atoms with van der Waals surface area (Å²) in [6.45, 7) is 0. The van der Waals surface area contributed by atoms with Crippen molar-refractivity contribution >= 4 is 17.3 Å². The summed E-state index contributed by atoms with van der Waals surface area (Å²) >= 11 is 5.70. The Balaban J connectivity index is 2.56. The average Bonchev–Trinajstić information content (AvgIpc) is 2.86. The molecular weight excluding hydrogens is 343 g/mol. The summed E-state index contributed by atoms with van der Waals surface area (Å²) in [6, 6.07) is -0.0765. The van der Waals surface area contributed by atoms with Gasteiger partial charge in [-0.1, -0.05) is 11.6 Å². The van der Waals surface area contributed by atoms with Gasteiger partial charge in [-0.3, -0.25) is 14.8 Å². The first-order valence-electron chi connectivity index (χ1n) is 6.07. The van der Waals surface area contributed by atoms with E-state index in [0.29, 0.717) is 0 Å². The molecule has 0 amide bonds. The monoisotopic (exact) mass is 351 g/mol. The Hall–Kier alpha value is -2.43. The minimum atomic E-state index is -2.80. The zero-order chi connectivity index (χ0) is 17.1. The predicted octanol–water partition coefficient (Wildman–Crippen LogP) is 2.63. The second-order valence-electron chi connectivity index (χ2n) is 4.32. The van der Waals surface area contributed by atoms with Crippen molar-refractivity contribution in [3.63, 3.8) is 0 Å². The van der Waals surface area contributed by atoms with Crippen LogP contribution in [0.4, 0.5) is 18.9 Å². The van der Waals surface area contributed by atoms with E-state index in [1.165, 1.54) is 13.2 Å². The normalized spacial score (nSPS) is 12.4. The van der Waals surface area contributed by atoms with Crippen LogP contribution in [0.25, 0.3) is 0 Å². The van der Waals surface area contributed by atoms with Crippen LogP contribution in [0.1, 0.15) is 18.0 Å². The summed E-state index contributed by atoms with van der Waals surface area (Å²) < 4.78 is 44.9. The van der Waals surface area contributed by atoms with Gasteiger partial charge in [-0.2, -0.15) is 4.39 Å². The fourth-order valence-electron chi connectivity index (χ4n) is 1.96. The quantitative estimate of drug-likeness (QED) is 0.586. The first-order valence-corrected chi connectivity index (χ1v) is 6.45. The molecule has 0 aliphatic rings. The van der Waals surface area contributed by atoms with Crippen LogP contribution in [0.3, 0.4) is 0 Å². The molecule has 8 nitrogen and oxygen atoms in total. The summed E-state index contributed by atoms with van der Waals surface area (Å²) in [5.74, 6) is -1.51. The predicted molar refractivity (Wildman–Crippen MR) is 71.2 cm³/mol. The van der Waals surface area contributed by atoms with E-state index in [9.17, 15) is 23.3 Å². The maximum atomic E-state index is 13.5. The highest BCUT2D eigenvalue weighted by atomic mass is 35.5. The van der Waals surface area contributed by atoms with Crippen LogP contribution in [0.5, 0.6) is 5.88 Å². The van der Waals surface area contributed by atoms with Crippen molar-refractivity contribution in [3.8, 4) is 5.88 Å². The van der Waals surface area contributed by atoms with Crippen LogP contribution in [-0.2, 0) is 0 Å². The molecule has 0 N–H and O–H groups in total. The molecule has 124 valence electrons. The van der Waals surface area contributed by atoms with Gasteiger partial charge in [0.2, 0.25) is 12.3 Å². The molecular formula is C11H9ClF3N5O3. The number of aromatic nitrogens is 4. The van der Waals surface area contributed by atoms with Gasteiger partial charge in [0, 0.05) is 12.0 Å². The molecule has 0 aliphatic carbocycles. The van der Waals surface area contributed by atoms with E-state index in [4.69, 9.17) is 16.3 Å². The fraction of sp³-hybridized carbons (Fsp3) is 0.364. The van der Waals surface area contributed by atoms with Crippen molar-refractivity contribution in [1.29, 1.82) is 0 Å². The summed E-state index contributed by atoms with van der Waals surface area (Å²) in [5, 5.41) is 21.0. The Kier molecular flexibility index (Phi) is 4.98. The fourth-order valence-corrected chi connectivity index (χ4v) is 2.11. The van der Waals surface area contributed by atoms with Gasteiger partial charge < -0.3 is 4.74 Å². The van der Waals surface area contributed by atoms with Crippen LogP contribution in [0.15, 0.2) is 12.3 Å². The van der Waals surface area contributed by atoms with Crippen molar-refractivity contribution in [2.24, 2.45) is 0 Å². The van der Waals surface area contributed by atoms with E-state index in [1.54, 1.807) is 0 Å². The molecule has 23 heavy (non-hydrogen) atoms. The third kappa shape index (κ3) is 3.67. The lowest BCUT2D eigenvalue weighted by Gasteiger charge is -2.18. The molecule has 1 unspecified atom stereocenters. The molecule has 2 aromatic heterocycles. The maximum Gasteiger partial charge on any atom is 0.343 e. The van der Waals surface area contributed by atoms with E-state index < -0.39 is 35.4 Å². The molecule has 0 radical (unpaired) electrons. The van der Waals surface area contributed by atoms with Crippen molar-refractivity contribution < 1.29 is 22.8 Å². The Bertz CT molecular complexity index is 727. The lowest BCUT2D eigenvalue weighted by molar-refractivity contribution is -0.387. The van der Waals surface area contributed by atoms with Crippen LogP contribution >= 0.6 is 11.6 Å². The largest absolute Gasteiger partial charge is 0.480 e. The number of nitro groups is 1. The molecule has 2 rings (SSSR count). The molecule has 0 bridgehead atoms. The van der Waals surface area contributed by atoms with E-state index in [1.807, 2.05) is 0 Å². The van der Waals surface area contributed by atoms with Gasteiger partial charge in [0.15, 0.2) is 5.15 Å². The summed E-state index contributed by atoms with van der Waals surface area (Å²) in [6.07, 6.45) is -2.89. The van der Waals surface area contributed by atoms with Crippen molar-refractivity contribution in [1.82, 2.24) is 20.0 Å². The lowest BCUT2D eigenvalue weighted by atomic mass is 10.1. The Labute approximate surface area is 132 Å². The van der Waals surface area contributed by atoms with E-state index in [-0.39, 0.29) is 16.6 Å². The number of hydrogen-bond acceptors (Lipinski definition) is 6. The number of nitrogens with zero attached hydrogens (tertiary/aromatic N) is 5. The Morgan fingerprint density at radius 3 is 2.70 bits per heavy atom. The third-order valence-electron chi connectivity index (χ3n) is 2.90. The van der Waals surface area contributed by atoms with Gasteiger partial charge in [-0.15, -0.1) is 15.3 Å². The van der Waals surface area contributed by atoms with Crippen LogP contribution in [0.2, 0.25) is 5.15 Å². The molecule has 0 aliphatic heterocycles. The van der Waals surface area contributed by atoms with E-state index in [0.717, 1.165) is 10.9 Å². The van der Waals surface area contributed by atoms with Crippen molar-refractivity contribution in [3.05, 3.63) is 39.0 Å². The van der Waals surface area contributed by atoms with E-state index in [2.05, 4.69) is 15.3 Å². The molecule has 2 aromatic rings. The first-order chi connectivity index (χ1) is 10.8. The van der Waals surface area contributed by atoms with E-state index >= 15 is 0 Å². The smallest absolute Gasteiger partial charge is 0.343 e. The van der Waals surface area contributed by atoms with Gasteiger partial charge in [0.25, 0.3) is 0 Å². The molecule has 0 aromatic carbocycles. The standard InChI is InChI=1S/C11H9ClF3N5O3/c1-23-11-5(2-8(12)16-17-11)6(3-9(13)14)19-4-7(20(21)22)10(15)18-19/h2,4,6,9H,3H2,1H3. The van der Waals surface area contributed by atoms with Crippen molar-refractivity contribution in [2.45, 2.75) is 18.9 Å². The average molecular weight is 352 g/mol. The van der Waals surface area contributed by atoms with Gasteiger partial charge >= 0.3 is 11.6 Å². The number of hydrogen-bond donors (Lipinski definition) is 0. The van der Waals surface area contributed by atoms with Crippen LogP contribution in [-0.4, -0.2) is 38.4 Å². The molecule has 2 heterocycles. The van der Waals surface area contributed by atoms with Crippen molar-refractivity contribution in [2.75, 3.05) is 7.11 Å². The van der Waals surface area contributed by atoms with Crippen LogP contribution < -0.4 is 4.74 Å². The minimum Gasteiger partial charge on any atom is -0.480 e. The van der Waals surface area contributed by atoms with Gasteiger partial charge in [0.05, 0.1) is 18.1 Å². The lowest BCUT2D eigenvalue weighted by Crippen LogP contribution is -2.17. The topological polar surface area (TPSA) is 96.0 Å². The SMILES string of the molecule is COc1nnc(Cl)cc1C(CC(F)F)n1cc([N+](=O)[O-])c(F)n1.